The van der Waals surface area contributed by atoms with Gasteiger partial charge in [-0.15, -0.1) is 0 Å². The average Bonchev–Trinajstić information content (AvgIpc) is 2.46. The van der Waals surface area contributed by atoms with Gasteiger partial charge in [-0.2, -0.15) is 0 Å². The summed E-state index contributed by atoms with van der Waals surface area (Å²) in [4.78, 5) is 12.3. The van der Waals surface area contributed by atoms with Crippen molar-refractivity contribution in [2.45, 2.75) is 25.9 Å². The number of benzene rings is 1. The highest BCUT2D eigenvalue weighted by atomic mass is 16.5. The third-order valence-corrected chi connectivity index (χ3v) is 4.31. The van der Waals surface area contributed by atoms with Crippen molar-refractivity contribution in [1.82, 2.24) is 0 Å². The van der Waals surface area contributed by atoms with E-state index in [0.717, 1.165) is 0 Å². The van der Waals surface area contributed by atoms with E-state index in [-0.39, 0.29) is 23.7 Å². The van der Waals surface area contributed by atoms with Crippen LogP contribution in [0.4, 0.5) is 0 Å². The summed E-state index contributed by atoms with van der Waals surface area (Å²) in [6.07, 6.45) is 3.75. The van der Waals surface area contributed by atoms with Crippen LogP contribution in [0.2, 0.25) is 0 Å². The minimum absolute atomic E-state index is 0.0260. The minimum Gasteiger partial charge on any atom is -0.508 e. The van der Waals surface area contributed by atoms with E-state index in [1.54, 1.807) is 12.1 Å². The van der Waals surface area contributed by atoms with Gasteiger partial charge < -0.3 is 19.7 Å². The summed E-state index contributed by atoms with van der Waals surface area (Å²) in [5.74, 6) is 0.989. The average molecular weight is 302 g/mol. The fraction of sp³-hybridized carbons (Fsp3) is 0.353. The van der Waals surface area contributed by atoms with Crippen LogP contribution in [-0.2, 0) is 4.74 Å². The summed E-state index contributed by atoms with van der Waals surface area (Å²) < 4.78 is 11.0. The van der Waals surface area contributed by atoms with Crippen LogP contribution in [-0.4, -0.2) is 29.2 Å². The number of aliphatic hydroxyl groups is 1. The number of carbonyl (C=O) groups excluding carboxylic acids is 1. The number of rotatable bonds is 2. The molecule has 22 heavy (non-hydrogen) atoms. The zero-order chi connectivity index (χ0) is 15.9. The van der Waals surface area contributed by atoms with Crippen molar-refractivity contribution in [1.29, 1.82) is 0 Å². The molecule has 1 aliphatic carbocycles. The van der Waals surface area contributed by atoms with Gasteiger partial charge in [0.1, 0.15) is 23.4 Å². The van der Waals surface area contributed by atoms with Crippen molar-refractivity contribution in [3.05, 3.63) is 47.4 Å². The molecule has 3 rings (SSSR count). The van der Waals surface area contributed by atoms with Crippen molar-refractivity contribution in [2.75, 3.05) is 7.11 Å². The largest absolute Gasteiger partial charge is 0.508 e. The Labute approximate surface area is 128 Å². The number of fused-ring (bicyclic) bond motifs is 1. The van der Waals surface area contributed by atoms with Crippen LogP contribution < -0.4 is 4.74 Å². The monoisotopic (exact) mass is 302 g/mol. The Hall–Kier alpha value is -2.43. The number of Topliss-reactive ketones (excluding diaryl/α,β-unsaturated/α-hetero) is 1. The van der Waals surface area contributed by atoms with Gasteiger partial charge in [0.15, 0.2) is 11.5 Å². The zero-order valence-electron chi connectivity index (χ0n) is 12.5. The van der Waals surface area contributed by atoms with Crippen molar-refractivity contribution in [2.24, 2.45) is 5.41 Å². The Morgan fingerprint density at radius 1 is 1.36 bits per heavy atom. The number of phenolic OH excluding ortho intramolecular Hbond substituents is 1. The molecule has 2 atom stereocenters. The molecule has 116 valence electrons. The number of methoxy groups -OCH3 is 1. The normalized spacial score (nSPS) is 27.4. The Morgan fingerprint density at radius 3 is 2.82 bits per heavy atom. The summed E-state index contributed by atoms with van der Waals surface area (Å²) in [6.45, 7) is 1.93. The molecule has 1 heterocycles. The van der Waals surface area contributed by atoms with E-state index in [4.69, 9.17) is 9.47 Å². The number of hydrogen-bond acceptors (Lipinski definition) is 5. The summed E-state index contributed by atoms with van der Waals surface area (Å²) in [5.41, 5.74) is -0.0416. The second kappa shape index (κ2) is 5.09. The van der Waals surface area contributed by atoms with Gasteiger partial charge in [-0.25, -0.2) is 0 Å². The third-order valence-electron chi connectivity index (χ3n) is 4.31. The lowest BCUT2D eigenvalue weighted by atomic mass is 9.74. The molecule has 2 aliphatic rings. The van der Waals surface area contributed by atoms with Gasteiger partial charge in [0.05, 0.1) is 12.7 Å². The molecule has 0 radical (unpaired) electrons. The maximum absolute atomic E-state index is 12.3. The Balaban J connectivity index is 1.90. The molecule has 2 N–H and O–H groups in total. The molecule has 5 heteroatoms. The van der Waals surface area contributed by atoms with Crippen molar-refractivity contribution < 1.29 is 24.5 Å². The predicted octanol–water partition coefficient (Wildman–Crippen LogP) is 3.11. The van der Waals surface area contributed by atoms with Crippen LogP contribution in [0.1, 0.15) is 30.1 Å². The quantitative estimate of drug-likeness (QED) is 0.878. The first-order valence-electron chi connectivity index (χ1n) is 7.11. The number of allylic oxidation sites excluding steroid dienone is 2. The SMILES string of the molecule is COC1=C(O)CC(C)([C@H]2CC(=O)c3ccc(O)cc3O2)C=C1. The van der Waals surface area contributed by atoms with E-state index in [2.05, 4.69) is 0 Å². The van der Waals surface area contributed by atoms with Gasteiger partial charge >= 0.3 is 0 Å². The smallest absolute Gasteiger partial charge is 0.170 e. The molecule has 1 aromatic rings. The summed E-state index contributed by atoms with van der Waals surface area (Å²) in [6, 6.07) is 4.50. The van der Waals surface area contributed by atoms with Gasteiger partial charge in [-0.1, -0.05) is 13.0 Å². The minimum atomic E-state index is -0.523. The first-order chi connectivity index (χ1) is 10.4. The van der Waals surface area contributed by atoms with Gasteiger partial charge in [0, 0.05) is 24.3 Å². The molecule has 0 spiro atoms. The van der Waals surface area contributed by atoms with Crippen LogP contribution in [0.25, 0.3) is 0 Å². The molecule has 1 aliphatic heterocycles. The molecular formula is C17H18O5. The molecule has 1 aromatic carbocycles. The number of phenols is 1. The fourth-order valence-corrected chi connectivity index (χ4v) is 2.96. The van der Waals surface area contributed by atoms with Crippen molar-refractivity contribution in [3.63, 3.8) is 0 Å². The summed E-state index contributed by atoms with van der Waals surface area (Å²) >= 11 is 0. The summed E-state index contributed by atoms with van der Waals surface area (Å²) in [5, 5.41) is 19.6. The highest BCUT2D eigenvalue weighted by Crippen LogP contribution is 2.43. The predicted molar refractivity (Wildman–Crippen MR) is 80.0 cm³/mol. The molecule has 0 saturated carbocycles. The number of ether oxygens (including phenoxy) is 2. The van der Waals surface area contributed by atoms with Gasteiger partial charge in [-0.3, -0.25) is 4.79 Å². The highest BCUT2D eigenvalue weighted by Gasteiger charge is 2.41. The van der Waals surface area contributed by atoms with E-state index in [1.165, 1.54) is 19.2 Å². The zero-order valence-corrected chi connectivity index (χ0v) is 12.5. The maximum atomic E-state index is 12.3. The van der Waals surface area contributed by atoms with Gasteiger partial charge in [0.25, 0.3) is 0 Å². The molecule has 0 aromatic heterocycles. The Morgan fingerprint density at radius 2 is 2.14 bits per heavy atom. The lowest BCUT2D eigenvalue weighted by Gasteiger charge is -2.39. The highest BCUT2D eigenvalue weighted by molar-refractivity contribution is 6.00. The molecule has 5 nitrogen and oxygen atoms in total. The number of aromatic hydroxyl groups is 1. The first kappa shape index (κ1) is 14.5. The Bertz CT molecular complexity index is 688. The molecular weight excluding hydrogens is 284 g/mol. The van der Waals surface area contributed by atoms with Crippen LogP contribution in [0, 0.1) is 5.41 Å². The second-order valence-electron chi connectivity index (χ2n) is 5.95. The van der Waals surface area contributed by atoms with E-state index < -0.39 is 11.5 Å². The fourth-order valence-electron chi connectivity index (χ4n) is 2.96. The lowest BCUT2D eigenvalue weighted by Crippen LogP contribution is -2.41. The molecule has 0 fully saturated rings. The Kier molecular flexibility index (Phi) is 3.35. The lowest BCUT2D eigenvalue weighted by molar-refractivity contribution is 0.0517. The number of carbonyl (C=O) groups is 1. The maximum Gasteiger partial charge on any atom is 0.170 e. The third kappa shape index (κ3) is 2.32. The van der Waals surface area contributed by atoms with Crippen LogP contribution in [0.3, 0.4) is 0 Å². The topological polar surface area (TPSA) is 76.0 Å². The number of ketones is 1. The standard InChI is InChI=1S/C17H18O5/c1-17(6-5-14(21-2)13(20)9-17)16-8-12(19)11-4-3-10(18)7-15(11)22-16/h3-7,16,18,20H,8-9H2,1-2H3/t16-,17?/m1/s1. The first-order valence-corrected chi connectivity index (χ1v) is 7.11. The second-order valence-corrected chi connectivity index (χ2v) is 5.95. The van der Waals surface area contributed by atoms with E-state index in [9.17, 15) is 15.0 Å². The number of hydrogen-bond donors (Lipinski definition) is 2. The van der Waals surface area contributed by atoms with E-state index in [0.29, 0.717) is 23.5 Å². The van der Waals surface area contributed by atoms with Crippen molar-refractivity contribution >= 4 is 5.78 Å². The molecule has 0 amide bonds. The van der Waals surface area contributed by atoms with Crippen LogP contribution in [0.5, 0.6) is 11.5 Å². The van der Waals surface area contributed by atoms with Gasteiger partial charge in [-0.05, 0) is 18.2 Å². The van der Waals surface area contributed by atoms with E-state index >= 15 is 0 Å². The van der Waals surface area contributed by atoms with E-state index in [1.807, 2.05) is 13.0 Å². The molecule has 0 saturated heterocycles. The molecule has 1 unspecified atom stereocenters. The van der Waals surface area contributed by atoms with Gasteiger partial charge in [0.2, 0.25) is 0 Å². The molecule has 0 bridgehead atoms. The van der Waals surface area contributed by atoms with Crippen LogP contribution >= 0.6 is 0 Å². The van der Waals surface area contributed by atoms with Crippen LogP contribution in [0.15, 0.2) is 41.9 Å². The van der Waals surface area contributed by atoms with Crippen molar-refractivity contribution in [3.8, 4) is 11.5 Å². The number of aliphatic hydroxyl groups excluding tert-OH is 1. The summed E-state index contributed by atoms with van der Waals surface area (Å²) in [7, 11) is 1.50.